The van der Waals surface area contributed by atoms with Crippen LogP contribution in [0.1, 0.15) is 37.6 Å². The third kappa shape index (κ3) is 4.57. The monoisotopic (exact) mass is 279 g/mol. The van der Waals surface area contributed by atoms with Crippen molar-refractivity contribution in [3.05, 3.63) is 29.8 Å². The Bertz CT molecular complexity index is 462. The SMILES string of the molecule is CCC(C)(C)C(=O)OCCOc1ccc(C(=O)[O-])cc1. The van der Waals surface area contributed by atoms with Crippen molar-refractivity contribution in [3.8, 4) is 5.75 Å². The van der Waals surface area contributed by atoms with Gasteiger partial charge in [0, 0.05) is 0 Å². The summed E-state index contributed by atoms with van der Waals surface area (Å²) in [6.45, 7) is 5.96. The van der Waals surface area contributed by atoms with Crippen molar-refractivity contribution in [1.29, 1.82) is 0 Å². The molecule has 0 bridgehead atoms. The van der Waals surface area contributed by atoms with E-state index in [0.29, 0.717) is 12.2 Å². The van der Waals surface area contributed by atoms with E-state index in [4.69, 9.17) is 9.47 Å². The zero-order valence-electron chi connectivity index (χ0n) is 12.0. The van der Waals surface area contributed by atoms with Gasteiger partial charge in [-0.2, -0.15) is 0 Å². The lowest BCUT2D eigenvalue weighted by Gasteiger charge is -2.20. The summed E-state index contributed by atoms with van der Waals surface area (Å²) >= 11 is 0. The van der Waals surface area contributed by atoms with Gasteiger partial charge in [-0.05, 0) is 50.1 Å². The van der Waals surface area contributed by atoms with Gasteiger partial charge in [-0.25, -0.2) is 0 Å². The van der Waals surface area contributed by atoms with Crippen LogP contribution in [0.5, 0.6) is 5.75 Å². The number of hydrogen-bond acceptors (Lipinski definition) is 5. The highest BCUT2D eigenvalue weighted by Crippen LogP contribution is 2.21. The van der Waals surface area contributed by atoms with Crippen LogP contribution in [0, 0.1) is 5.41 Å². The Morgan fingerprint density at radius 1 is 1.15 bits per heavy atom. The summed E-state index contributed by atoms with van der Waals surface area (Å²) in [5.74, 6) is -0.969. The maximum atomic E-state index is 11.7. The summed E-state index contributed by atoms with van der Waals surface area (Å²) in [7, 11) is 0. The smallest absolute Gasteiger partial charge is 0.311 e. The highest BCUT2D eigenvalue weighted by Gasteiger charge is 2.26. The Hall–Kier alpha value is -2.04. The predicted molar refractivity (Wildman–Crippen MR) is 71.3 cm³/mol. The molecule has 0 N–H and O–H groups in total. The van der Waals surface area contributed by atoms with E-state index >= 15 is 0 Å². The van der Waals surface area contributed by atoms with E-state index < -0.39 is 11.4 Å². The molecule has 1 aromatic rings. The number of carbonyl (C=O) groups excluding carboxylic acids is 2. The summed E-state index contributed by atoms with van der Waals surface area (Å²) in [6, 6.07) is 5.86. The predicted octanol–water partition coefficient (Wildman–Crippen LogP) is 1.41. The molecule has 0 saturated carbocycles. The van der Waals surface area contributed by atoms with Crippen LogP contribution in [-0.2, 0) is 9.53 Å². The molecule has 0 atom stereocenters. The topological polar surface area (TPSA) is 75.7 Å². The van der Waals surface area contributed by atoms with E-state index in [1.54, 1.807) is 0 Å². The van der Waals surface area contributed by atoms with Crippen molar-refractivity contribution in [2.24, 2.45) is 5.41 Å². The van der Waals surface area contributed by atoms with Crippen LogP contribution in [0.15, 0.2) is 24.3 Å². The number of carbonyl (C=O) groups is 2. The fourth-order valence-electron chi connectivity index (χ4n) is 1.32. The zero-order valence-corrected chi connectivity index (χ0v) is 12.0. The first-order chi connectivity index (χ1) is 9.36. The van der Waals surface area contributed by atoms with Crippen molar-refractivity contribution in [2.75, 3.05) is 13.2 Å². The van der Waals surface area contributed by atoms with Gasteiger partial charge < -0.3 is 19.4 Å². The molecule has 5 heteroatoms. The Balaban J connectivity index is 2.34. The minimum Gasteiger partial charge on any atom is -0.545 e. The molecule has 0 unspecified atom stereocenters. The normalized spacial score (nSPS) is 10.9. The molecular formula is C15H19O5-. The molecule has 0 fully saturated rings. The van der Waals surface area contributed by atoms with Crippen LogP contribution in [-0.4, -0.2) is 25.2 Å². The average Bonchev–Trinajstić information content (AvgIpc) is 2.43. The minimum absolute atomic E-state index is 0.0912. The van der Waals surface area contributed by atoms with Crippen molar-refractivity contribution < 1.29 is 24.2 Å². The summed E-state index contributed by atoms with van der Waals surface area (Å²) in [4.78, 5) is 22.2. The largest absolute Gasteiger partial charge is 0.545 e. The van der Waals surface area contributed by atoms with Gasteiger partial charge in [0.1, 0.15) is 19.0 Å². The summed E-state index contributed by atoms with van der Waals surface area (Å²) in [5, 5.41) is 10.6. The number of benzene rings is 1. The summed E-state index contributed by atoms with van der Waals surface area (Å²) < 4.78 is 10.5. The maximum Gasteiger partial charge on any atom is 0.311 e. The molecule has 1 rings (SSSR count). The second kappa shape index (κ2) is 6.93. The van der Waals surface area contributed by atoms with E-state index in [9.17, 15) is 14.7 Å². The highest BCUT2D eigenvalue weighted by molar-refractivity contribution is 5.85. The number of aromatic carboxylic acids is 1. The average molecular weight is 279 g/mol. The van der Waals surface area contributed by atoms with E-state index in [0.717, 1.165) is 0 Å². The van der Waals surface area contributed by atoms with Gasteiger partial charge in [0.15, 0.2) is 0 Å². The third-order valence-electron chi connectivity index (χ3n) is 3.11. The lowest BCUT2D eigenvalue weighted by Crippen LogP contribution is -2.27. The van der Waals surface area contributed by atoms with Crippen LogP contribution in [0.4, 0.5) is 0 Å². The Kier molecular flexibility index (Phi) is 5.55. The molecule has 0 aromatic heterocycles. The summed E-state index contributed by atoms with van der Waals surface area (Å²) in [6.07, 6.45) is 0.706. The molecule has 1 aromatic carbocycles. The number of hydrogen-bond donors (Lipinski definition) is 0. The summed E-state index contributed by atoms with van der Waals surface area (Å²) in [5.41, 5.74) is -0.399. The number of rotatable bonds is 7. The highest BCUT2D eigenvalue weighted by atomic mass is 16.6. The van der Waals surface area contributed by atoms with Gasteiger partial charge in [0.25, 0.3) is 0 Å². The van der Waals surface area contributed by atoms with Crippen LogP contribution in [0.25, 0.3) is 0 Å². The first-order valence-corrected chi connectivity index (χ1v) is 6.48. The quantitative estimate of drug-likeness (QED) is 0.557. The standard InChI is InChI=1S/C15H20O5/c1-4-15(2,3)14(18)20-10-9-19-12-7-5-11(6-8-12)13(16)17/h5-8H,4,9-10H2,1-3H3,(H,16,17)/p-1. The van der Waals surface area contributed by atoms with Crippen molar-refractivity contribution in [1.82, 2.24) is 0 Å². The van der Waals surface area contributed by atoms with E-state index in [1.807, 2.05) is 20.8 Å². The number of esters is 1. The lowest BCUT2D eigenvalue weighted by molar-refractivity contribution is -0.255. The van der Waals surface area contributed by atoms with Gasteiger partial charge in [-0.3, -0.25) is 4.79 Å². The minimum atomic E-state index is -1.23. The van der Waals surface area contributed by atoms with Gasteiger partial charge >= 0.3 is 5.97 Å². The number of carboxylic acids is 1. The van der Waals surface area contributed by atoms with E-state index in [-0.39, 0.29) is 24.7 Å². The zero-order chi connectivity index (χ0) is 15.2. The van der Waals surface area contributed by atoms with Crippen molar-refractivity contribution in [3.63, 3.8) is 0 Å². The Morgan fingerprint density at radius 2 is 1.75 bits per heavy atom. The molecule has 0 spiro atoms. The van der Waals surface area contributed by atoms with Gasteiger partial charge in [-0.1, -0.05) is 6.92 Å². The van der Waals surface area contributed by atoms with Crippen molar-refractivity contribution in [2.45, 2.75) is 27.2 Å². The van der Waals surface area contributed by atoms with Crippen LogP contribution >= 0.6 is 0 Å². The molecule has 110 valence electrons. The van der Waals surface area contributed by atoms with E-state index in [1.165, 1.54) is 24.3 Å². The molecule has 0 aliphatic rings. The number of carboxylic acid groups (broad SMARTS) is 1. The molecule has 0 aliphatic carbocycles. The van der Waals surface area contributed by atoms with Crippen molar-refractivity contribution >= 4 is 11.9 Å². The number of ether oxygens (including phenoxy) is 2. The molecule has 0 saturated heterocycles. The lowest BCUT2D eigenvalue weighted by atomic mass is 9.91. The fourth-order valence-corrected chi connectivity index (χ4v) is 1.32. The third-order valence-corrected chi connectivity index (χ3v) is 3.11. The Morgan fingerprint density at radius 3 is 2.25 bits per heavy atom. The second-order valence-electron chi connectivity index (χ2n) is 5.03. The van der Waals surface area contributed by atoms with Gasteiger partial charge in [-0.15, -0.1) is 0 Å². The molecule has 0 amide bonds. The first kappa shape index (κ1) is 16.0. The van der Waals surface area contributed by atoms with Gasteiger partial charge in [0.05, 0.1) is 11.4 Å². The van der Waals surface area contributed by atoms with Crippen LogP contribution in [0.2, 0.25) is 0 Å². The molecule has 0 aliphatic heterocycles. The fraction of sp³-hybridized carbons (Fsp3) is 0.467. The van der Waals surface area contributed by atoms with Crippen LogP contribution in [0.3, 0.4) is 0 Å². The molecule has 0 heterocycles. The second-order valence-corrected chi connectivity index (χ2v) is 5.03. The molecule has 0 radical (unpaired) electrons. The molecular weight excluding hydrogens is 260 g/mol. The Labute approximate surface area is 118 Å². The van der Waals surface area contributed by atoms with Crippen LogP contribution < -0.4 is 9.84 Å². The van der Waals surface area contributed by atoms with Gasteiger partial charge in [0.2, 0.25) is 0 Å². The molecule has 20 heavy (non-hydrogen) atoms. The molecule has 5 nitrogen and oxygen atoms in total. The maximum absolute atomic E-state index is 11.7. The van der Waals surface area contributed by atoms with E-state index in [2.05, 4.69) is 0 Å². The first-order valence-electron chi connectivity index (χ1n) is 6.48.